The third-order valence-electron chi connectivity index (χ3n) is 4.38. The number of esters is 1. The minimum absolute atomic E-state index is 0.394. The van der Waals surface area contributed by atoms with Crippen molar-refractivity contribution in [3.8, 4) is 0 Å². The van der Waals surface area contributed by atoms with Crippen molar-refractivity contribution in [2.45, 2.75) is 20.3 Å². The Morgan fingerprint density at radius 2 is 1.96 bits per heavy atom. The van der Waals surface area contributed by atoms with Crippen LogP contribution in [0.5, 0.6) is 0 Å². The van der Waals surface area contributed by atoms with Gasteiger partial charge in [0.2, 0.25) is 0 Å². The lowest BCUT2D eigenvalue weighted by Crippen LogP contribution is -2.20. The van der Waals surface area contributed by atoms with Gasteiger partial charge in [-0.15, -0.1) is 11.3 Å². The Balaban J connectivity index is 1.81. The van der Waals surface area contributed by atoms with E-state index in [-0.39, 0.29) is 0 Å². The summed E-state index contributed by atoms with van der Waals surface area (Å²) < 4.78 is 6.73. The summed E-state index contributed by atoms with van der Waals surface area (Å²) in [7, 11) is 3.26. The van der Waals surface area contributed by atoms with Gasteiger partial charge in [0, 0.05) is 18.3 Å². The molecule has 3 rings (SSSR count). The van der Waals surface area contributed by atoms with Crippen LogP contribution in [0, 0.1) is 13.8 Å². The molecule has 3 aromatic rings. The van der Waals surface area contributed by atoms with Crippen LogP contribution in [0.25, 0.3) is 0 Å². The Morgan fingerprint density at radius 1 is 1.25 bits per heavy atom. The number of nitrogens with one attached hydrogen (secondary N) is 2. The molecular weight excluding hydrogens is 392 g/mol. The number of thiocarbonyl (C=S) groups is 1. The molecule has 0 atom stereocenters. The van der Waals surface area contributed by atoms with Crippen molar-refractivity contribution in [3.63, 3.8) is 0 Å². The van der Waals surface area contributed by atoms with Gasteiger partial charge < -0.3 is 15.4 Å². The van der Waals surface area contributed by atoms with Crippen LogP contribution < -0.4 is 10.6 Å². The highest BCUT2D eigenvalue weighted by Crippen LogP contribution is 2.31. The van der Waals surface area contributed by atoms with Crippen LogP contribution in [0.15, 0.2) is 36.4 Å². The van der Waals surface area contributed by atoms with Gasteiger partial charge in [0.1, 0.15) is 5.00 Å². The van der Waals surface area contributed by atoms with Crippen LogP contribution in [0.4, 0.5) is 10.7 Å². The zero-order valence-corrected chi connectivity index (χ0v) is 17.8. The van der Waals surface area contributed by atoms with Gasteiger partial charge in [-0.2, -0.15) is 5.10 Å². The van der Waals surface area contributed by atoms with Gasteiger partial charge in [-0.25, -0.2) is 4.79 Å². The average molecular weight is 415 g/mol. The first-order chi connectivity index (χ1) is 13.4. The number of aromatic nitrogens is 2. The van der Waals surface area contributed by atoms with E-state index >= 15 is 0 Å². The number of aryl methyl sites for hydroxylation is 2. The highest BCUT2D eigenvalue weighted by Gasteiger charge is 2.19. The number of anilines is 2. The Bertz CT molecular complexity index is 1010. The molecule has 0 radical (unpaired) electrons. The van der Waals surface area contributed by atoms with Crippen molar-refractivity contribution in [1.29, 1.82) is 0 Å². The van der Waals surface area contributed by atoms with E-state index in [0.29, 0.717) is 15.7 Å². The quantitative estimate of drug-likeness (QED) is 0.480. The third-order valence-corrected chi connectivity index (χ3v) is 5.64. The first kappa shape index (κ1) is 20.0. The van der Waals surface area contributed by atoms with E-state index in [1.165, 1.54) is 24.0 Å². The molecule has 0 aliphatic carbocycles. The molecule has 8 heteroatoms. The van der Waals surface area contributed by atoms with E-state index in [0.717, 1.165) is 28.4 Å². The molecule has 0 bridgehead atoms. The first-order valence-electron chi connectivity index (χ1n) is 8.72. The van der Waals surface area contributed by atoms with Crippen LogP contribution >= 0.6 is 23.6 Å². The monoisotopic (exact) mass is 414 g/mol. The topological polar surface area (TPSA) is 68.2 Å². The second-order valence-corrected chi connectivity index (χ2v) is 7.90. The number of carbonyl (C=O) groups excluding carboxylic acids is 1. The molecule has 0 aliphatic heterocycles. The predicted molar refractivity (Wildman–Crippen MR) is 117 cm³/mol. The van der Waals surface area contributed by atoms with Crippen molar-refractivity contribution in [2.75, 3.05) is 17.7 Å². The van der Waals surface area contributed by atoms with Crippen molar-refractivity contribution >= 4 is 45.3 Å². The number of nitrogens with zero attached hydrogens (tertiary/aromatic N) is 2. The summed E-state index contributed by atoms with van der Waals surface area (Å²) >= 11 is 6.95. The maximum atomic E-state index is 12.2. The van der Waals surface area contributed by atoms with Crippen LogP contribution in [-0.4, -0.2) is 28.0 Å². The summed E-state index contributed by atoms with van der Waals surface area (Å²) in [6.07, 6.45) is 0.734. The SMILES string of the molecule is COC(=O)c1cc(Cc2ccccc2)sc1NC(=S)Nc1c(C)nn(C)c1C. The standard InChI is InChI=1S/C20H22N4O2S2/c1-12-17(13(2)24(3)23-12)21-20(27)22-18-16(19(25)26-4)11-15(28-18)10-14-8-6-5-7-9-14/h5-9,11H,10H2,1-4H3,(H2,21,22,27). The van der Waals surface area contributed by atoms with Crippen molar-refractivity contribution < 1.29 is 9.53 Å². The lowest BCUT2D eigenvalue weighted by atomic mass is 10.1. The van der Waals surface area contributed by atoms with Crippen LogP contribution in [0.3, 0.4) is 0 Å². The molecule has 2 aromatic heterocycles. The largest absolute Gasteiger partial charge is 0.465 e. The summed E-state index contributed by atoms with van der Waals surface area (Å²) in [5.74, 6) is -0.394. The second-order valence-electron chi connectivity index (χ2n) is 6.36. The van der Waals surface area contributed by atoms with Crippen LogP contribution in [0.2, 0.25) is 0 Å². The molecule has 1 aromatic carbocycles. The van der Waals surface area contributed by atoms with E-state index in [4.69, 9.17) is 17.0 Å². The molecule has 0 saturated heterocycles. The van der Waals surface area contributed by atoms with E-state index in [1.807, 2.05) is 45.2 Å². The fraction of sp³-hybridized carbons (Fsp3) is 0.250. The molecular formula is C20H22N4O2S2. The minimum Gasteiger partial charge on any atom is -0.465 e. The summed E-state index contributed by atoms with van der Waals surface area (Å²) in [5.41, 5.74) is 4.34. The predicted octanol–water partition coefficient (Wildman–Crippen LogP) is 4.28. The molecule has 146 valence electrons. The summed E-state index contributed by atoms with van der Waals surface area (Å²) in [6.45, 7) is 3.88. The molecule has 0 fully saturated rings. The molecule has 0 unspecified atom stereocenters. The van der Waals surface area contributed by atoms with Crippen molar-refractivity contribution in [1.82, 2.24) is 9.78 Å². The average Bonchev–Trinajstić information content (AvgIpc) is 3.17. The van der Waals surface area contributed by atoms with Gasteiger partial charge in [-0.1, -0.05) is 30.3 Å². The number of rotatable bonds is 5. The lowest BCUT2D eigenvalue weighted by Gasteiger charge is -2.10. The van der Waals surface area contributed by atoms with E-state index in [1.54, 1.807) is 4.68 Å². The van der Waals surface area contributed by atoms with Gasteiger partial charge in [0.05, 0.1) is 29.7 Å². The number of hydrogen-bond donors (Lipinski definition) is 2. The van der Waals surface area contributed by atoms with Gasteiger partial charge >= 0.3 is 5.97 Å². The van der Waals surface area contributed by atoms with Gasteiger partial charge in [-0.05, 0) is 37.7 Å². The summed E-state index contributed by atoms with van der Waals surface area (Å²) in [5, 5.41) is 11.8. The number of methoxy groups -OCH3 is 1. The Kier molecular flexibility index (Phi) is 6.11. The fourth-order valence-corrected chi connectivity index (χ4v) is 4.23. The number of thiophene rings is 1. The molecule has 0 amide bonds. The fourth-order valence-electron chi connectivity index (χ4n) is 2.88. The normalized spacial score (nSPS) is 10.6. The Labute approximate surface area is 173 Å². The van der Waals surface area contributed by atoms with Gasteiger partial charge in [-0.3, -0.25) is 4.68 Å². The summed E-state index contributed by atoms with van der Waals surface area (Å²) in [6, 6.07) is 12.0. The maximum Gasteiger partial charge on any atom is 0.340 e. The highest BCUT2D eigenvalue weighted by molar-refractivity contribution is 7.80. The lowest BCUT2D eigenvalue weighted by molar-refractivity contribution is 0.0602. The highest BCUT2D eigenvalue weighted by atomic mass is 32.1. The molecule has 0 spiro atoms. The van der Waals surface area contributed by atoms with Crippen molar-refractivity contribution in [3.05, 3.63) is 63.8 Å². The Hall–Kier alpha value is -2.71. The molecule has 0 saturated carbocycles. The number of hydrogen-bond acceptors (Lipinski definition) is 5. The van der Waals surface area contributed by atoms with E-state index in [9.17, 15) is 4.79 Å². The number of ether oxygens (including phenoxy) is 1. The molecule has 6 nitrogen and oxygen atoms in total. The minimum atomic E-state index is -0.394. The smallest absolute Gasteiger partial charge is 0.340 e. The second kappa shape index (κ2) is 8.53. The van der Waals surface area contributed by atoms with Crippen LogP contribution in [-0.2, 0) is 18.2 Å². The molecule has 28 heavy (non-hydrogen) atoms. The van der Waals surface area contributed by atoms with Crippen molar-refractivity contribution in [2.24, 2.45) is 7.05 Å². The number of carbonyl (C=O) groups is 1. The van der Waals surface area contributed by atoms with E-state index < -0.39 is 5.97 Å². The van der Waals surface area contributed by atoms with Crippen LogP contribution in [0.1, 0.15) is 32.2 Å². The van der Waals surface area contributed by atoms with Gasteiger partial charge in [0.15, 0.2) is 5.11 Å². The molecule has 2 heterocycles. The zero-order valence-electron chi connectivity index (χ0n) is 16.2. The third kappa shape index (κ3) is 4.40. The molecule has 2 N–H and O–H groups in total. The summed E-state index contributed by atoms with van der Waals surface area (Å²) in [4.78, 5) is 13.3. The Morgan fingerprint density at radius 3 is 2.57 bits per heavy atom. The zero-order chi connectivity index (χ0) is 20.3. The number of benzene rings is 1. The first-order valence-corrected chi connectivity index (χ1v) is 9.94. The maximum absolute atomic E-state index is 12.2. The molecule has 0 aliphatic rings. The van der Waals surface area contributed by atoms with E-state index in [2.05, 4.69) is 27.9 Å². The van der Waals surface area contributed by atoms with Gasteiger partial charge in [0.25, 0.3) is 0 Å².